The number of fused-ring (bicyclic) bond motifs is 1. The summed E-state index contributed by atoms with van der Waals surface area (Å²) in [7, 11) is -3.11. The van der Waals surface area contributed by atoms with Crippen molar-refractivity contribution in [2.45, 2.75) is 72.8 Å². The first-order valence-electron chi connectivity index (χ1n) is 12.6. The molecule has 1 aromatic carbocycles. The van der Waals surface area contributed by atoms with Crippen molar-refractivity contribution in [3.63, 3.8) is 0 Å². The van der Waals surface area contributed by atoms with Gasteiger partial charge in [-0.05, 0) is 65.7 Å². The highest BCUT2D eigenvalue weighted by molar-refractivity contribution is 7.61. The molecule has 12 heteroatoms. The smallest absolute Gasteiger partial charge is 0.311 e. The molecule has 3 N–H and O–H groups in total. The molecule has 0 fully saturated rings. The summed E-state index contributed by atoms with van der Waals surface area (Å²) >= 11 is 6.04. The van der Waals surface area contributed by atoms with E-state index in [0.29, 0.717) is 35.0 Å². The Hall–Kier alpha value is -2.52. The van der Waals surface area contributed by atoms with Crippen molar-refractivity contribution in [1.82, 2.24) is 24.6 Å². The highest BCUT2D eigenvalue weighted by Crippen LogP contribution is 2.47. The molecule has 3 atom stereocenters. The second kappa shape index (κ2) is 12.6. The summed E-state index contributed by atoms with van der Waals surface area (Å²) in [5.41, 5.74) is 7.17. The van der Waals surface area contributed by atoms with Gasteiger partial charge in [-0.15, -0.1) is 0 Å². The second-order valence-corrected chi connectivity index (χ2v) is 13.7. The highest BCUT2D eigenvalue weighted by atomic mass is 35.5. The first-order valence-corrected chi connectivity index (χ1v) is 15.1. The lowest BCUT2D eigenvalue weighted by Crippen LogP contribution is -2.31. The Balaban J connectivity index is 1.73. The average molecular weight is 565 g/mol. The summed E-state index contributed by atoms with van der Waals surface area (Å²) in [5.74, 6) is -0.00171. The first-order chi connectivity index (χ1) is 17.8. The molecule has 0 aliphatic carbocycles. The zero-order chi connectivity index (χ0) is 28.1. The lowest BCUT2D eigenvalue weighted by Gasteiger charge is -2.29. The molecule has 0 saturated heterocycles. The van der Waals surface area contributed by atoms with E-state index in [-0.39, 0.29) is 36.7 Å². The second-order valence-electron chi connectivity index (χ2n) is 10.5. The van der Waals surface area contributed by atoms with Crippen LogP contribution in [0.4, 0.5) is 5.82 Å². The zero-order valence-corrected chi connectivity index (χ0v) is 24.5. The zero-order valence-electron chi connectivity index (χ0n) is 22.8. The summed E-state index contributed by atoms with van der Waals surface area (Å²) in [6.45, 7) is 11.5. The van der Waals surface area contributed by atoms with E-state index >= 15 is 0 Å². The van der Waals surface area contributed by atoms with Gasteiger partial charge in [-0.25, -0.2) is 15.0 Å². The number of hydrogen-bond acceptors (Lipinski definition) is 8. The van der Waals surface area contributed by atoms with E-state index in [4.69, 9.17) is 26.8 Å². The van der Waals surface area contributed by atoms with Gasteiger partial charge in [-0.3, -0.25) is 9.88 Å². The van der Waals surface area contributed by atoms with E-state index in [2.05, 4.69) is 20.0 Å². The van der Waals surface area contributed by atoms with Crippen LogP contribution in [0.2, 0.25) is 5.02 Å². The molecule has 38 heavy (non-hydrogen) atoms. The van der Waals surface area contributed by atoms with Gasteiger partial charge < -0.3 is 24.3 Å². The third kappa shape index (κ3) is 7.99. The van der Waals surface area contributed by atoms with Gasteiger partial charge in [0.2, 0.25) is 0 Å². The molecule has 3 rings (SSSR count). The number of nitrogen functional groups attached to an aromatic ring is 1. The van der Waals surface area contributed by atoms with Crippen molar-refractivity contribution >= 4 is 41.8 Å². The molecule has 0 aliphatic rings. The maximum atomic E-state index is 14.2. The molecular weight excluding hydrogens is 527 g/mol. The van der Waals surface area contributed by atoms with Gasteiger partial charge in [-0.2, -0.15) is 0 Å². The van der Waals surface area contributed by atoms with E-state index < -0.39 is 12.7 Å². The number of esters is 1. The number of halogens is 1. The highest BCUT2D eigenvalue weighted by Gasteiger charge is 2.35. The molecule has 0 amide bonds. The minimum Gasteiger partial charge on any atom is -0.463 e. The SMILES string of the molecule is CC(C)OC(=O)C(C)(C)CCP(=O)(CO[C@H](C)Cn1cnc2c(N)ncnc21)N[C@H](C)c1ccc(Cl)cc1. The lowest BCUT2D eigenvalue weighted by atomic mass is 9.90. The van der Waals surface area contributed by atoms with E-state index in [1.807, 2.05) is 58.2 Å². The van der Waals surface area contributed by atoms with E-state index in [0.717, 1.165) is 5.56 Å². The van der Waals surface area contributed by atoms with Crippen molar-refractivity contribution in [2.24, 2.45) is 5.41 Å². The number of carbonyl (C=O) groups is 1. The number of anilines is 1. The predicted octanol–water partition coefficient (Wildman–Crippen LogP) is 5.42. The number of nitrogens with zero attached hydrogens (tertiary/aromatic N) is 4. The lowest BCUT2D eigenvalue weighted by molar-refractivity contribution is -0.158. The minimum absolute atomic E-state index is 0.00877. The molecular formula is C26H38ClN6O4P. The Labute approximate surface area is 229 Å². The van der Waals surface area contributed by atoms with Crippen LogP contribution < -0.4 is 10.8 Å². The van der Waals surface area contributed by atoms with E-state index in [1.54, 1.807) is 18.5 Å². The Morgan fingerprint density at radius 2 is 1.84 bits per heavy atom. The molecule has 0 aliphatic heterocycles. The van der Waals surface area contributed by atoms with Gasteiger partial charge >= 0.3 is 5.97 Å². The predicted molar refractivity (Wildman–Crippen MR) is 150 cm³/mol. The maximum absolute atomic E-state index is 14.2. The van der Waals surface area contributed by atoms with Crippen LogP contribution >= 0.6 is 18.9 Å². The number of carbonyl (C=O) groups excluding carboxylic acids is 1. The van der Waals surface area contributed by atoms with Crippen molar-refractivity contribution in [3.05, 3.63) is 47.5 Å². The molecule has 0 radical (unpaired) electrons. The number of ether oxygens (including phenoxy) is 2. The molecule has 2 aromatic heterocycles. The molecule has 1 unspecified atom stereocenters. The Morgan fingerprint density at radius 3 is 2.50 bits per heavy atom. The van der Waals surface area contributed by atoms with Crippen LogP contribution in [0.3, 0.4) is 0 Å². The summed E-state index contributed by atoms with van der Waals surface area (Å²) < 4.78 is 27.6. The van der Waals surface area contributed by atoms with Gasteiger partial charge in [0.05, 0.1) is 30.5 Å². The third-order valence-electron chi connectivity index (χ3n) is 6.24. The number of rotatable bonds is 13. The molecule has 0 bridgehead atoms. The normalized spacial score (nSPS) is 15.4. The molecule has 3 aromatic rings. The summed E-state index contributed by atoms with van der Waals surface area (Å²) in [5, 5.41) is 3.94. The largest absolute Gasteiger partial charge is 0.463 e. The summed E-state index contributed by atoms with van der Waals surface area (Å²) in [4.78, 5) is 25.2. The monoisotopic (exact) mass is 564 g/mol. The molecule has 10 nitrogen and oxygen atoms in total. The number of imidazole rings is 1. The fraction of sp³-hybridized carbons (Fsp3) is 0.538. The van der Waals surface area contributed by atoms with Crippen molar-refractivity contribution in [1.29, 1.82) is 0 Å². The molecule has 2 heterocycles. The van der Waals surface area contributed by atoms with Crippen LogP contribution in [0.15, 0.2) is 36.9 Å². The average Bonchev–Trinajstić information content (AvgIpc) is 3.25. The number of aromatic nitrogens is 4. The summed E-state index contributed by atoms with van der Waals surface area (Å²) in [6.07, 6.45) is 3.13. The van der Waals surface area contributed by atoms with Gasteiger partial charge in [0.1, 0.15) is 18.2 Å². The summed E-state index contributed by atoms with van der Waals surface area (Å²) in [6, 6.07) is 7.18. The van der Waals surface area contributed by atoms with Crippen molar-refractivity contribution in [2.75, 3.05) is 18.2 Å². The van der Waals surface area contributed by atoms with Crippen molar-refractivity contribution < 1.29 is 18.8 Å². The van der Waals surface area contributed by atoms with Crippen LogP contribution in [0.1, 0.15) is 59.6 Å². The Kier molecular flexibility index (Phi) is 9.92. The fourth-order valence-electron chi connectivity index (χ4n) is 3.89. The van der Waals surface area contributed by atoms with Crippen LogP contribution in [0, 0.1) is 5.41 Å². The topological polar surface area (TPSA) is 134 Å². The number of hydrogen-bond donors (Lipinski definition) is 2. The van der Waals surface area contributed by atoms with E-state index in [1.165, 1.54) is 6.33 Å². The van der Waals surface area contributed by atoms with E-state index in [9.17, 15) is 9.36 Å². The minimum atomic E-state index is -3.11. The van der Waals surface area contributed by atoms with Gasteiger partial charge in [-0.1, -0.05) is 23.7 Å². The number of nitrogens with two attached hydrogens (primary N) is 1. The molecule has 0 spiro atoms. The number of benzene rings is 1. The van der Waals surface area contributed by atoms with Crippen LogP contribution in [0.25, 0.3) is 11.2 Å². The van der Waals surface area contributed by atoms with Gasteiger partial charge in [0.15, 0.2) is 18.8 Å². The van der Waals surface area contributed by atoms with Crippen molar-refractivity contribution in [3.8, 4) is 0 Å². The standard InChI is InChI=1S/C26H38ClN6O4P/c1-17(2)37-25(34)26(5,6)11-12-38(35,32-19(4)20-7-9-21(27)10-8-20)16-36-18(3)13-33-15-31-22-23(28)29-14-30-24(22)33/h7-10,14-15,17-19H,11-13,16H2,1-6H3,(H,32,35)(H2,28,29,30)/t18-,19-,38?/m1/s1. The Morgan fingerprint density at radius 1 is 1.16 bits per heavy atom. The fourth-order valence-corrected chi connectivity index (χ4v) is 6.62. The quantitative estimate of drug-likeness (QED) is 0.206. The molecule has 208 valence electrons. The van der Waals surface area contributed by atoms with Gasteiger partial charge in [0.25, 0.3) is 0 Å². The first kappa shape index (κ1) is 30.0. The van der Waals surface area contributed by atoms with Gasteiger partial charge in [0, 0.05) is 17.2 Å². The molecule has 0 saturated carbocycles. The Bertz CT molecular complexity index is 1280. The number of nitrogens with one attached hydrogen (secondary N) is 1. The van der Waals surface area contributed by atoms with Crippen LogP contribution in [-0.4, -0.2) is 50.2 Å². The van der Waals surface area contributed by atoms with Crippen LogP contribution in [0.5, 0.6) is 0 Å². The third-order valence-corrected chi connectivity index (χ3v) is 8.87. The maximum Gasteiger partial charge on any atom is 0.311 e. The van der Waals surface area contributed by atoms with Crippen LogP contribution in [-0.2, 0) is 25.4 Å².